The van der Waals surface area contributed by atoms with Gasteiger partial charge in [-0.25, -0.2) is 0 Å². The first-order valence-corrected chi connectivity index (χ1v) is 11.1. The van der Waals surface area contributed by atoms with E-state index in [1.165, 1.54) is 0 Å². The normalized spacial score (nSPS) is 11.1. The number of hydrogen-bond acceptors (Lipinski definition) is 6. The van der Waals surface area contributed by atoms with Crippen LogP contribution in [0.5, 0.6) is 17.4 Å². The minimum Gasteiger partial charge on any atom is -0.428 e. The molecular formula is C24H21O6P. The molecule has 0 unspecified atom stereocenters. The van der Waals surface area contributed by atoms with Crippen LogP contribution in [-0.2, 0) is 22.5 Å². The Hall–Kier alpha value is -3.47. The SMILES string of the molecule is O=P(Oc1ccccc1)(Oc1ccccc1)Oc1ccc(COCc2ccccc2)o1. The van der Waals surface area contributed by atoms with E-state index < -0.39 is 7.82 Å². The second-order valence-corrected chi connectivity index (χ2v) is 7.99. The summed E-state index contributed by atoms with van der Waals surface area (Å²) < 4.78 is 41.3. The van der Waals surface area contributed by atoms with Gasteiger partial charge in [-0.1, -0.05) is 66.7 Å². The van der Waals surface area contributed by atoms with E-state index in [1.54, 1.807) is 60.7 Å². The Morgan fingerprint density at radius 3 is 1.74 bits per heavy atom. The van der Waals surface area contributed by atoms with Crippen LogP contribution in [0, 0.1) is 0 Å². The van der Waals surface area contributed by atoms with Crippen LogP contribution in [0.2, 0.25) is 0 Å². The first-order chi connectivity index (χ1) is 15.2. The standard InChI is InChI=1S/C24H21O6P/c25-31(28-21-12-6-2-7-13-21,29-22-14-8-3-9-15-22)30-24-17-16-23(27-24)19-26-18-20-10-4-1-5-11-20/h1-17H,18-19H2. The summed E-state index contributed by atoms with van der Waals surface area (Å²) in [5.41, 5.74) is 1.06. The summed E-state index contributed by atoms with van der Waals surface area (Å²) in [7, 11) is -4.08. The number of benzene rings is 3. The Bertz CT molecular complexity index is 1070. The Labute approximate surface area is 180 Å². The molecule has 0 radical (unpaired) electrons. The highest BCUT2D eigenvalue weighted by Gasteiger charge is 2.34. The smallest absolute Gasteiger partial charge is 0.428 e. The molecular weight excluding hydrogens is 415 g/mol. The summed E-state index contributed by atoms with van der Waals surface area (Å²) in [4.78, 5) is 0. The molecule has 0 atom stereocenters. The van der Waals surface area contributed by atoms with Crippen molar-refractivity contribution in [3.05, 3.63) is 114 Å². The van der Waals surface area contributed by atoms with Crippen molar-refractivity contribution < 1.29 is 27.3 Å². The van der Waals surface area contributed by atoms with Gasteiger partial charge in [0.15, 0.2) is 0 Å². The lowest BCUT2D eigenvalue weighted by Crippen LogP contribution is -2.07. The van der Waals surface area contributed by atoms with Gasteiger partial charge in [0.05, 0.1) is 6.61 Å². The van der Waals surface area contributed by atoms with Crippen LogP contribution < -0.4 is 13.6 Å². The van der Waals surface area contributed by atoms with Crippen LogP contribution in [0.25, 0.3) is 0 Å². The van der Waals surface area contributed by atoms with Crippen molar-refractivity contribution in [2.75, 3.05) is 0 Å². The summed E-state index contributed by atoms with van der Waals surface area (Å²) in [6, 6.07) is 30.4. The molecule has 0 spiro atoms. The number of ether oxygens (including phenoxy) is 1. The minimum absolute atomic E-state index is 0.00788. The molecule has 0 saturated heterocycles. The van der Waals surface area contributed by atoms with Gasteiger partial charge in [-0.05, 0) is 35.9 Å². The van der Waals surface area contributed by atoms with Crippen molar-refractivity contribution in [2.24, 2.45) is 0 Å². The van der Waals surface area contributed by atoms with E-state index in [-0.39, 0.29) is 12.6 Å². The molecule has 0 aliphatic rings. The molecule has 31 heavy (non-hydrogen) atoms. The number of phosphoric acid groups is 1. The molecule has 0 N–H and O–H groups in total. The van der Waals surface area contributed by atoms with Gasteiger partial charge in [-0.2, -0.15) is 4.57 Å². The molecule has 0 bridgehead atoms. The van der Waals surface area contributed by atoms with Gasteiger partial charge in [-0.15, -0.1) is 0 Å². The average molecular weight is 436 g/mol. The summed E-state index contributed by atoms with van der Waals surface area (Å²) in [6.45, 7) is 0.687. The number of phosphoric ester groups is 1. The van der Waals surface area contributed by atoms with Gasteiger partial charge in [0, 0.05) is 6.07 Å². The maximum Gasteiger partial charge on any atom is 0.649 e. The monoisotopic (exact) mass is 436 g/mol. The molecule has 3 aromatic carbocycles. The maximum atomic E-state index is 13.4. The largest absolute Gasteiger partial charge is 0.649 e. The van der Waals surface area contributed by atoms with E-state index in [0.29, 0.717) is 23.9 Å². The predicted octanol–water partition coefficient (Wildman–Crippen LogP) is 6.64. The zero-order chi connectivity index (χ0) is 21.4. The molecule has 7 heteroatoms. The zero-order valence-corrected chi connectivity index (χ0v) is 17.5. The van der Waals surface area contributed by atoms with Crippen molar-refractivity contribution in [3.8, 4) is 17.4 Å². The van der Waals surface area contributed by atoms with Crippen molar-refractivity contribution in [1.82, 2.24) is 0 Å². The maximum absolute atomic E-state index is 13.4. The molecule has 0 fully saturated rings. The summed E-state index contributed by atoms with van der Waals surface area (Å²) in [6.07, 6.45) is 0. The molecule has 0 amide bonds. The molecule has 0 aliphatic heterocycles. The third kappa shape index (κ3) is 6.25. The molecule has 158 valence electrons. The van der Waals surface area contributed by atoms with Gasteiger partial charge in [0.25, 0.3) is 5.95 Å². The second kappa shape index (κ2) is 10.0. The Kier molecular flexibility index (Phi) is 6.72. The molecule has 4 rings (SSSR count). The lowest BCUT2D eigenvalue weighted by molar-refractivity contribution is 0.0908. The van der Waals surface area contributed by atoms with E-state index in [0.717, 1.165) is 5.56 Å². The fourth-order valence-corrected chi connectivity index (χ4v) is 3.91. The van der Waals surface area contributed by atoms with Crippen molar-refractivity contribution in [2.45, 2.75) is 13.2 Å². The topological polar surface area (TPSA) is 67.1 Å². The van der Waals surface area contributed by atoms with E-state index in [2.05, 4.69) is 0 Å². The number of rotatable bonds is 10. The molecule has 1 heterocycles. The summed E-state index contributed by atoms with van der Waals surface area (Å²) in [5.74, 6) is 1.23. The lowest BCUT2D eigenvalue weighted by atomic mass is 10.2. The summed E-state index contributed by atoms with van der Waals surface area (Å²) >= 11 is 0. The number of hydrogen-bond donors (Lipinski definition) is 0. The van der Waals surface area contributed by atoms with Crippen LogP contribution >= 0.6 is 7.82 Å². The highest BCUT2D eigenvalue weighted by atomic mass is 31.2. The first-order valence-electron chi connectivity index (χ1n) is 9.68. The molecule has 6 nitrogen and oxygen atoms in total. The first kappa shape index (κ1) is 20.8. The van der Waals surface area contributed by atoms with Crippen molar-refractivity contribution in [3.63, 3.8) is 0 Å². The van der Waals surface area contributed by atoms with Crippen LogP contribution in [-0.4, -0.2) is 0 Å². The van der Waals surface area contributed by atoms with Gasteiger partial charge in [0.1, 0.15) is 23.9 Å². The molecule has 0 aliphatic carbocycles. The highest BCUT2D eigenvalue weighted by Crippen LogP contribution is 2.49. The van der Waals surface area contributed by atoms with Crippen molar-refractivity contribution >= 4 is 7.82 Å². The van der Waals surface area contributed by atoms with Crippen molar-refractivity contribution in [1.29, 1.82) is 0 Å². The minimum atomic E-state index is -4.08. The zero-order valence-electron chi connectivity index (χ0n) is 16.6. The Balaban J connectivity index is 1.43. The fraction of sp³-hybridized carbons (Fsp3) is 0.0833. The predicted molar refractivity (Wildman–Crippen MR) is 116 cm³/mol. The third-order valence-corrected chi connectivity index (χ3v) is 5.39. The molecule has 4 aromatic rings. The third-order valence-electron chi connectivity index (χ3n) is 4.12. The quantitative estimate of drug-likeness (QED) is 0.260. The van der Waals surface area contributed by atoms with Gasteiger partial charge >= 0.3 is 7.82 Å². The molecule has 0 saturated carbocycles. The van der Waals surface area contributed by atoms with Gasteiger partial charge in [-0.3, -0.25) is 0 Å². The van der Waals surface area contributed by atoms with Gasteiger partial charge in [0.2, 0.25) is 0 Å². The average Bonchev–Trinajstić information content (AvgIpc) is 3.22. The van der Waals surface area contributed by atoms with Crippen LogP contribution in [0.1, 0.15) is 11.3 Å². The van der Waals surface area contributed by atoms with Crippen LogP contribution in [0.3, 0.4) is 0 Å². The Morgan fingerprint density at radius 2 is 1.16 bits per heavy atom. The van der Waals surface area contributed by atoms with Crippen LogP contribution in [0.4, 0.5) is 0 Å². The van der Waals surface area contributed by atoms with Gasteiger partial charge < -0.3 is 22.7 Å². The van der Waals surface area contributed by atoms with E-state index in [1.807, 2.05) is 42.5 Å². The fourth-order valence-electron chi connectivity index (χ4n) is 2.72. The number of furan rings is 1. The summed E-state index contributed by atoms with van der Waals surface area (Å²) in [5, 5.41) is 0. The lowest BCUT2D eigenvalue weighted by Gasteiger charge is -2.18. The second-order valence-electron chi connectivity index (χ2n) is 6.55. The van der Waals surface area contributed by atoms with Crippen LogP contribution in [0.15, 0.2) is 108 Å². The van der Waals surface area contributed by atoms with E-state index >= 15 is 0 Å². The molecule has 1 aromatic heterocycles. The Morgan fingerprint density at radius 1 is 0.613 bits per heavy atom. The highest BCUT2D eigenvalue weighted by molar-refractivity contribution is 7.49. The number of para-hydroxylation sites is 2. The van der Waals surface area contributed by atoms with E-state index in [4.69, 9.17) is 22.7 Å². The van der Waals surface area contributed by atoms with E-state index in [9.17, 15) is 4.57 Å².